The molecule has 2 N–H and O–H groups in total. The highest BCUT2D eigenvalue weighted by molar-refractivity contribution is 9.10. The number of amides is 2. The maximum Gasteiger partial charge on any atom is 0.352 e. The summed E-state index contributed by atoms with van der Waals surface area (Å²) in [6.07, 6.45) is 0. The van der Waals surface area contributed by atoms with Crippen LogP contribution in [0.4, 0.5) is 0 Å². The van der Waals surface area contributed by atoms with Gasteiger partial charge in [-0.25, -0.2) is 4.79 Å². The third-order valence-corrected chi connectivity index (χ3v) is 7.26. The minimum atomic E-state index is -1.31. The number of aliphatic carboxylic acids is 1. The van der Waals surface area contributed by atoms with Crippen LogP contribution in [0.25, 0.3) is 0 Å². The van der Waals surface area contributed by atoms with Crippen molar-refractivity contribution in [2.45, 2.75) is 24.9 Å². The highest BCUT2D eigenvalue weighted by Crippen LogP contribution is 2.40. The SMILES string of the molecule is CC(=O)OCC1=C(C(=O)O)N2C(=O)[C@@H](NC(=O)c3ccc(COc4ccc(Br)cc4Cl)o3)[C@@H]2SC1. The van der Waals surface area contributed by atoms with Gasteiger partial charge in [-0.3, -0.25) is 19.3 Å². The van der Waals surface area contributed by atoms with Gasteiger partial charge >= 0.3 is 11.9 Å². The molecule has 0 radical (unpaired) electrons. The Bertz CT molecular complexity index is 1250. The van der Waals surface area contributed by atoms with Crippen molar-refractivity contribution in [3.63, 3.8) is 0 Å². The molecule has 2 aliphatic rings. The van der Waals surface area contributed by atoms with E-state index < -0.39 is 35.2 Å². The molecule has 10 nitrogen and oxygen atoms in total. The first kappa shape index (κ1) is 25.1. The number of esters is 1. The van der Waals surface area contributed by atoms with E-state index in [1.807, 2.05) is 0 Å². The number of hydrogen-bond donors (Lipinski definition) is 2. The molecule has 0 aliphatic carbocycles. The number of nitrogens with one attached hydrogen (secondary N) is 1. The number of carboxylic acids is 1. The largest absolute Gasteiger partial charge is 0.484 e. The molecule has 3 heterocycles. The summed E-state index contributed by atoms with van der Waals surface area (Å²) in [6, 6.07) is 7.24. The Morgan fingerprint density at radius 2 is 2.06 bits per heavy atom. The lowest BCUT2D eigenvalue weighted by molar-refractivity contribution is -0.149. The molecule has 1 fully saturated rings. The van der Waals surface area contributed by atoms with Crippen molar-refractivity contribution in [3.05, 3.63) is 62.6 Å². The molecule has 1 aromatic carbocycles. The first-order chi connectivity index (χ1) is 16.7. The van der Waals surface area contributed by atoms with Gasteiger partial charge in [0.15, 0.2) is 5.76 Å². The number of fused-ring (bicyclic) bond motifs is 1. The van der Waals surface area contributed by atoms with Gasteiger partial charge in [0.1, 0.15) is 41.8 Å². The van der Waals surface area contributed by atoms with Crippen molar-refractivity contribution in [1.82, 2.24) is 10.2 Å². The maximum atomic E-state index is 12.7. The van der Waals surface area contributed by atoms with Crippen molar-refractivity contribution in [2.75, 3.05) is 12.4 Å². The van der Waals surface area contributed by atoms with Gasteiger partial charge in [-0.1, -0.05) is 27.5 Å². The molecule has 4 rings (SSSR count). The number of carbonyl (C=O) groups excluding carboxylic acids is 3. The first-order valence-electron chi connectivity index (χ1n) is 10.2. The number of nitrogens with zero attached hydrogens (tertiary/aromatic N) is 1. The van der Waals surface area contributed by atoms with Crippen LogP contribution >= 0.6 is 39.3 Å². The summed E-state index contributed by atoms with van der Waals surface area (Å²) >= 11 is 10.7. The van der Waals surface area contributed by atoms with Gasteiger partial charge in [0.2, 0.25) is 0 Å². The van der Waals surface area contributed by atoms with E-state index >= 15 is 0 Å². The zero-order valence-corrected chi connectivity index (χ0v) is 21.2. The fourth-order valence-electron chi connectivity index (χ4n) is 3.51. The molecular formula is C22H18BrClN2O8S. The molecule has 0 bridgehead atoms. The molecule has 1 aromatic heterocycles. The number of thioether (sulfide) groups is 1. The lowest BCUT2D eigenvalue weighted by atomic mass is 10.0. The van der Waals surface area contributed by atoms with Gasteiger partial charge in [0, 0.05) is 22.7 Å². The van der Waals surface area contributed by atoms with E-state index in [2.05, 4.69) is 21.2 Å². The molecule has 13 heteroatoms. The second-order valence-corrected chi connectivity index (χ2v) is 9.96. The maximum absolute atomic E-state index is 12.7. The molecule has 2 aliphatic heterocycles. The standard InChI is InChI=1S/C22H18BrClN2O8S/c1-10(27)32-7-11-9-35-21-17(20(29)26(21)18(11)22(30)31)25-19(28)16-5-3-13(34-16)8-33-15-4-2-12(23)6-14(15)24/h2-6,17,21H,7-9H2,1H3,(H,25,28)(H,30,31)/t17-,21+/m1/s1. The first-order valence-corrected chi connectivity index (χ1v) is 12.4. The Balaban J connectivity index is 1.38. The van der Waals surface area contributed by atoms with Crippen molar-refractivity contribution in [2.24, 2.45) is 0 Å². The van der Waals surface area contributed by atoms with E-state index in [-0.39, 0.29) is 30.4 Å². The van der Waals surface area contributed by atoms with Gasteiger partial charge in [-0.05, 0) is 30.3 Å². The van der Waals surface area contributed by atoms with Crippen LogP contribution in [0.1, 0.15) is 23.2 Å². The topological polar surface area (TPSA) is 135 Å². The van der Waals surface area contributed by atoms with Gasteiger partial charge in [-0.2, -0.15) is 0 Å². The van der Waals surface area contributed by atoms with Crippen molar-refractivity contribution >= 4 is 63.0 Å². The van der Waals surface area contributed by atoms with Gasteiger partial charge in [0.25, 0.3) is 11.8 Å². The molecule has 0 unspecified atom stereocenters. The van der Waals surface area contributed by atoms with E-state index in [1.54, 1.807) is 24.3 Å². The number of benzene rings is 1. The predicted octanol–water partition coefficient (Wildman–Crippen LogP) is 3.19. The van der Waals surface area contributed by atoms with Crippen LogP contribution in [-0.2, 0) is 25.7 Å². The smallest absolute Gasteiger partial charge is 0.352 e. The van der Waals surface area contributed by atoms with Gasteiger partial charge in [0.05, 0.1) is 5.02 Å². The molecule has 1 saturated heterocycles. The molecule has 0 spiro atoms. The monoisotopic (exact) mass is 584 g/mol. The van der Waals surface area contributed by atoms with E-state index in [9.17, 15) is 24.3 Å². The van der Waals surface area contributed by atoms with E-state index in [4.69, 9.17) is 25.5 Å². The minimum absolute atomic E-state index is 0.0258. The summed E-state index contributed by atoms with van der Waals surface area (Å²) in [5.74, 6) is -2.04. The zero-order valence-electron chi connectivity index (χ0n) is 18.1. The third kappa shape index (κ3) is 5.34. The van der Waals surface area contributed by atoms with Crippen LogP contribution in [0.5, 0.6) is 5.75 Å². The summed E-state index contributed by atoms with van der Waals surface area (Å²) in [6.45, 7) is 1.02. The zero-order chi connectivity index (χ0) is 25.3. The second kappa shape index (κ2) is 10.3. The predicted molar refractivity (Wildman–Crippen MR) is 128 cm³/mol. The fourth-order valence-corrected chi connectivity index (χ4v) is 5.57. The average Bonchev–Trinajstić information content (AvgIpc) is 3.28. The van der Waals surface area contributed by atoms with Gasteiger partial charge < -0.3 is 24.3 Å². The lowest BCUT2D eigenvalue weighted by Gasteiger charge is -2.49. The molecule has 2 aromatic rings. The molecule has 2 atom stereocenters. The van der Waals surface area contributed by atoms with Crippen LogP contribution in [0, 0.1) is 0 Å². The minimum Gasteiger partial charge on any atom is -0.484 e. The van der Waals surface area contributed by atoms with E-state index in [0.29, 0.717) is 22.1 Å². The fraction of sp³-hybridized carbons (Fsp3) is 0.273. The number of carbonyl (C=O) groups is 4. The molecule has 184 valence electrons. The van der Waals surface area contributed by atoms with Crippen LogP contribution in [-0.4, -0.2) is 57.5 Å². The molecular weight excluding hydrogens is 568 g/mol. The molecule has 35 heavy (non-hydrogen) atoms. The van der Waals surface area contributed by atoms with Gasteiger partial charge in [-0.15, -0.1) is 11.8 Å². The summed E-state index contributed by atoms with van der Waals surface area (Å²) in [5.41, 5.74) is 0.0863. The van der Waals surface area contributed by atoms with E-state index in [0.717, 1.165) is 9.37 Å². The van der Waals surface area contributed by atoms with Crippen LogP contribution in [0.3, 0.4) is 0 Å². The Labute approximate surface area is 216 Å². The lowest BCUT2D eigenvalue weighted by Crippen LogP contribution is -2.70. The number of β-lactam (4-membered cyclic amide) rings is 1. The normalized spacial score (nSPS) is 19.1. The summed E-state index contributed by atoms with van der Waals surface area (Å²) in [4.78, 5) is 49.3. The Morgan fingerprint density at radius 1 is 1.29 bits per heavy atom. The Hall–Kier alpha value is -2.96. The summed E-state index contributed by atoms with van der Waals surface area (Å²) < 4.78 is 16.9. The number of ether oxygens (including phenoxy) is 2. The number of rotatable bonds is 8. The molecule has 2 amide bonds. The summed E-state index contributed by atoms with van der Waals surface area (Å²) in [7, 11) is 0. The van der Waals surface area contributed by atoms with Crippen molar-refractivity contribution in [3.8, 4) is 5.75 Å². The highest BCUT2D eigenvalue weighted by Gasteiger charge is 2.54. The van der Waals surface area contributed by atoms with Crippen LogP contribution in [0.2, 0.25) is 5.02 Å². The Morgan fingerprint density at radius 3 is 2.74 bits per heavy atom. The molecule has 0 saturated carbocycles. The quantitative estimate of drug-likeness (QED) is 0.354. The number of hydrogen-bond acceptors (Lipinski definition) is 8. The van der Waals surface area contributed by atoms with Crippen molar-refractivity contribution < 1.29 is 38.2 Å². The average molecular weight is 586 g/mol. The number of carboxylic acid groups (broad SMARTS) is 1. The van der Waals surface area contributed by atoms with Crippen LogP contribution in [0.15, 0.2) is 50.5 Å². The summed E-state index contributed by atoms with van der Waals surface area (Å²) in [5, 5.41) is 12.0. The number of halogens is 2. The van der Waals surface area contributed by atoms with Crippen LogP contribution < -0.4 is 10.1 Å². The third-order valence-electron chi connectivity index (χ3n) is 5.14. The second-order valence-electron chi connectivity index (χ2n) is 7.53. The highest BCUT2D eigenvalue weighted by atomic mass is 79.9. The van der Waals surface area contributed by atoms with Crippen molar-refractivity contribution in [1.29, 1.82) is 0 Å². The van der Waals surface area contributed by atoms with E-state index in [1.165, 1.54) is 24.8 Å². The number of furan rings is 1. The Kier molecular flexibility index (Phi) is 7.43.